The minimum Gasteiger partial charge on any atom is -0.478 e. The maximum atomic E-state index is 10.9. The maximum Gasteiger partial charge on any atom is 0.337 e. The van der Waals surface area contributed by atoms with Gasteiger partial charge in [-0.3, -0.25) is 0 Å². The van der Waals surface area contributed by atoms with Crippen molar-refractivity contribution in [2.75, 3.05) is 29.6 Å². The average molecular weight is 273 g/mol. The fourth-order valence-corrected chi connectivity index (χ4v) is 1.97. The molecule has 0 saturated carbocycles. The molecule has 8 heteroatoms. The molecule has 0 aromatic carbocycles. The highest BCUT2D eigenvalue weighted by Crippen LogP contribution is 2.14. The molecule has 4 N–H and O–H groups in total. The highest BCUT2D eigenvalue weighted by atomic mass is 32.2. The number of rotatable bonds is 6. The maximum absolute atomic E-state index is 10.9. The van der Waals surface area contributed by atoms with E-state index in [1.165, 1.54) is 12.3 Å². The number of nitrogens with zero attached hydrogens (tertiary/aromatic N) is 1. The Hall–Kier alpha value is -1.83. The van der Waals surface area contributed by atoms with Crippen LogP contribution < -0.4 is 11.1 Å². The number of nitrogen functional groups attached to an aromatic ring is 1. The third kappa shape index (κ3) is 4.58. The van der Waals surface area contributed by atoms with Crippen LogP contribution in [0, 0.1) is 0 Å². The molecular formula is C10H15N3O4S. The molecule has 7 nitrogen and oxygen atoms in total. The van der Waals surface area contributed by atoms with E-state index in [2.05, 4.69) is 10.3 Å². The molecule has 0 saturated heterocycles. The number of anilines is 2. The number of hydrogen-bond acceptors (Lipinski definition) is 6. The number of pyridine rings is 1. The van der Waals surface area contributed by atoms with E-state index in [4.69, 9.17) is 10.8 Å². The Balaban J connectivity index is 2.58. The first-order chi connectivity index (χ1) is 8.29. The van der Waals surface area contributed by atoms with E-state index in [1.807, 2.05) is 0 Å². The molecule has 18 heavy (non-hydrogen) atoms. The van der Waals surface area contributed by atoms with Crippen LogP contribution in [0.3, 0.4) is 0 Å². The van der Waals surface area contributed by atoms with E-state index in [1.54, 1.807) is 0 Å². The van der Waals surface area contributed by atoms with Gasteiger partial charge in [0.1, 0.15) is 15.7 Å². The highest BCUT2D eigenvalue weighted by Gasteiger charge is 2.09. The van der Waals surface area contributed by atoms with Gasteiger partial charge in [0.25, 0.3) is 0 Å². The predicted molar refractivity (Wildman–Crippen MR) is 68.4 cm³/mol. The van der Waals surface area contributed by atoms with Crippen molar-refractivity contribution in [1.82, 2.24) is 4.98 Å². The molecule has 0 atom stereocenters. The van der Waals surface area contributed by atoms with Crippen LogP contribution in [-0.4, -0.2) is 43.0 Å². The lowest BCUT2D eigenvalue weighted by Gasteiger charge is -2.07. The van der Waals surface area contributed by atoms with Crippen molar-refractivity contribution in [1.29, 1.82) is 0 Å². The number of sulfone groups is 1. The van der Waals surface area contributed by atoms with E-state index in [9.17, 15) is 13.2 Å². The molecule has 1 aromatic heterocycles. The monoisotopic (exact) mass is 273 g/mol. The Labute approximate surface area is 105 Å². The molecule has 0 fully saturated rings. The second kappa shape index (κ2) is 5.67. The number of nitrogens with two attached hydrogens (primary N) is 1. The van der Waals surface area contributed by atoms with Crippen LogP contribution >= 0.6 is 0 Å². The second-order valence-electron chi connectivity index (χ2n) is 3.87. The SMILES string of the molecule is CS(=O)(=O)CCCNc1cc(C(=O)O)c(N)cn1. The summed E-state index contributed by atoms with van der Waals surface area (Å²) in [5.74, 6) is -0.704. The van der Waals surface area contributed by atoms with E-state index in [0.717, 1.165) is 6.26 Å². The summed E-state index contributed by atoms with van der Waals surface area (Å²) in [7, 11) is -2.98. The van der Waals surface area contributed by atoms with Gasteiger partial charge in [-0.1, -0.05) is 0 Å². The zero-order valence-corrected chi connectivity index (χ0v) is 10.7. The minimum absolute atomic E-state index is 0.0318. The zero-order valence-electron chi connectivity index (χ0n) is 9.88. The first-order valence-electron chi connectivity index (χ1n) is 5.20. The summed E-state index contributed by atoms with van der Waals surface area (Å²) in [5.41, 5.74) is 5.51. The summed E-state index contributed by atoms with van der Waals surface area (Å²) in [6.07, 6.45) is 2.84. The van der Waals surface area contributed by atoms with Gasteiger partial charge in [0.2, 0.25) is 0 Å². The van der Waals surface area contributed by atoms with Gasteiger partial charge in [0, 0.05) is 12.8 Å². The third-order valence-electron chi connectivity index (χ3n) is 2.16. The summed E-state index contributed by atoms with van der Waals surface area (Å²) in [4.78, 5) is 14.7. The van der Waals surface area contributed by atoms with Crippen molar-refractivity contribution in [3.63, 3.8) is 0 Å². The first-order valence-corrected chi connectivity index (χ1v) is 7.26. The Kier molecular flexibility index (Phi) is 4.49. The van der Waals surface area contributed by atoms with Crippen LogP contribution in [0.2, 0.25) is 0 Å². The van der Waals surface area contributed by atoms with Crippen molar-refractivity contribution in [3.8, 4) is 0 Å². The van der Waals surface area contributed by atoms with E-state index in [0.29, 0.717) is 18.8 Å². The first kappa shape index (κ1) is 14.2. The lowest BCUT2D eigenvalue weighted by molar-refractivity contribution is 0.0698. The number of aromatic nitrogens is 1. The summed E-state index contributed by atoms with van der Waals surface area (Å²) >= 11 is 0. The molecule has 0 radical (unpaired) electrons. The average Bonchev–Trinajstić information content (AvgIpc) is 2.24. The van der Waals surface area contributed by atoms with Gasteiger partial charge in [0.15, 0.2) is 0 Å². The Bertz CT molecular complexity index is 542. The summed E-state index contributed by atoms with van der Waals surface area (Å²) < 4.78 is 21.8. The van der Waals surface area contributed by atoms with Crippen LogP contribution in [0.4, 0.5) is 11.5 Å². The quantitative estimate of drug-likeness (QED) is 0.633. The van der Waals surface area contributed by atoms with E-state index in [-0.39, 0.29) is 17.0 Å². The molecule has 0 aliphatic heterocycles. The van der Waals surface area contributed by atoms with Crippen LogP contribution in [-0.2, 0) is 9.84 Å². The normalized spacial score (nSPS) is 11.2. The molecule has 1 heterocycles. The summed E-state index contributed by atoms with van der Waals surface area (Å²) in [6.45, 7) is 0.392. The van der Waals surface area contributed by atoms with Crippen LogP contribution in [0.25, 0.3) is 0 Å². The summed E-state index contributed by atoms with van der Waals surface area (Å²) in [5, 5.41) is 11.7. The molecule has 0 amide bonds. The Morgan fingerprint density at radius 1 is 1.56 bits per heavy atom. The second-order valence-corrected chi connectivity index (χ2v) is 6.13. The van der Waals surface area contributed by atoms with Crippen LogP contribution in [0.15, 0.2) is 12.3 Å². The van der Waals surface area contributed by atoms with Gasteiger partial charge in [0.05, 0.1) is 23.2 Å². The molecule has 1 aromatic rings. The molecule has 0 aliphatic carbocycles. The van der Waals surface area contributed by atoms with Crippen molar-refractivity contribution >= 4 is 27.3 Å². The molecule has 0 unspecified atom stereocenters. The Morgan fingerprint density at radius 2 is 2.22 bits per heavy atom. The van der Waals surface area contributed by atoms with Crippen LogP contribution in [0.1, 0.15) is 16.8 Å². The molecule has 1 rings (SSSR count). The van der Waals surface area contributed by atoms with Gasteiger partial charge >= 0.3 is 5.97 Å². The van der Waals surface area contributed by atoms with Gasteiger partial charge in [-0.05, 0) is 12.5 Å². The smallest absolute Gasteiger partial charge is 0.337 e. The molecule has 100 valence electrons. The molecule has 0 spiro atoms. The predicted octanol–water partition coefficient (Wildman–Crippen LogP) is 0.209. The van der Waals surface area contributed by atoms with Gasteiger partial charge in [-0.25, -0.2) is 18.2 Å². The number of nitrogens with one attached hydrogen (secondary N) is 1. The fourth-order valence-electron chi connectivity index (χ4n) is 1.30. The molecule has 0 aliphatic rings. The van der Waals surface area contributed by atoms with Crippen LogP contribution in [0.5, 0.6) is 0 Å². The molecule has 0 bridgehead atoms. The fraction of sp³-hybridized carbons (Fsp3) is 0.400. The largest absolute Gasteiger partial charge is 0.478 e. The van der Waals surface area contributed by atoms with Gasteiger partial charge in [-0.2, -0.15) is 0 Å². The number of carboxylic acid groups (broad SMARTS) is 1. The standard InChI is InChI=1S/C10H15N3O4S/c1-18(16,17)4-2-3-12-9-5-7(10(14)15)8(11)6-13-9/h5-6H,2-4,11H2,1H3,(H,12,13)(H,14,15). The third-order valence-corrected chi connectivity index (χ3v) is 3.19. The topological polar surface area (TPSA) is 122 Å². The van der Waals surface area contributed by atoms with Crippen molar-refractivity contribution in [2.24, 2.45) is 0 Å². The lowest BCUT2D eigenvalue weighted by Crippen LogP contribution is -2.11. The lowest BCUT2D eigenvalue weighted by atomic mass is 10.2. The minimum atomic E-state index is -2.98. The molecular weight excluding hydrogens is 258 g/mol. The number of carboxylic acids is 1. The van der Waals surface area contributed by atoms with Gasteiger partial charge < -0.3 is 16.2 Å². The van der Waals surface area contributed by atoms with E-state index >= 15 is 0 Å². The zero-order chi connectivity index (χ0) is 13.8. The number of hydrogen-bond donors (Lipinski definition) is 3. The van der Waals surface area contributed by atoms with E-state index < -0.39 is 15.8 Å². The van der Waals surface area contributed by atoms with Crippen molar-refractivity contribution in [3.05, 3.63) is 17.8 Å². The Morgan fingerprint density at radius 3 is 2.78 bits per heavy atom. The summed E-state index contributed by atoms with van der Waals surface area (Å²) in [6, 6.07) is 1.32. The van der Waals surface area contributed by atoms with Crippen molar-refractivity contribution in [2.45, 2.75) is 6.42 Å². The number of carbonyl (C=O) groups is 1. The van der Waals surface area contributed by atoms with Gasteiger partial charge in [-0.15, -0.1) is 0 Å². The highest BCUT2D eigenvalue weighted by molar-refractivity contribution is 7.90. The van der Waals surface area contributed by atoms with Crippen molar-refractivity contribution < 1.29 is 18.3 Å². The number of aromatic carboxylic acids is 1.